The molecule has 2 amide bonds. The van der Waals surface area contributed by atoms with Crippen LogP contribution in [0.1, 0.15) is 15.9 Å². The Morgan fingerprint density at radius 3 is 2.25 bits per heavy atom. The summed E-state index contributed by atoms with van der Waals surface area (Å²) in [7, 11) is 3.39. The Morgan fingerprint density at radius 2 is 1.58 bits per heavy atom. The van der Waals surface area contributed by atoms with Crippen molar-refractivity contribution in [1.82, 2.24) is 24.1 Å². The Hall–Kier alpha value is -4.40. The normalized spacial score (nSPS) is 13.7. The van der Waals surface area contributed by atoms with Gasteiger partial charge in [0.2, 0.25) is 5.91 Å². The second-order valence-electron chi connectivity index (χ2n) is 8.85. The number of fused-ring (bicyclic) bond motifs is 1. The summed E-state index contributed by atoms with van der Waals surface area (Å²) in [4.78, 5) is 42.9. The van der Waals surface area contributed by atoms with E-state index in [1.165, 1.54) is 4.68 Å². The molecule has 1 fully saturated rings. The average Bonchev–Trinajstić information content (AvgIpc) is 3.25. The molecule has 0 radical (unpaired) electrons. The zero-order valence-corrected chi connectivity index (χ0v) is 20.3. The van der Waals surface area contributed by atoms with E-state index in [9.17, 15) is 14.4 Å². The smallest absolute Gasteiger partial charge is 0.282 e. The number of pyridine rings is 1. The number of benzene rings is 2. The third kappa shape index (κ3) is 4.47. The number of piperazine rings is 1. The van der Waals surface area contributed by atoms with Crippen LogP contribution in [0, 0.1) is 0 Å². The number of rotatable bonds is 5. The number of hydrogen-bond donors (Lipinski definition) is 0. The molecule has 36 heavy (non-hydrogen) atoms. The van der Waals surface area contributed by atoms with Crippen LogP contribution in [-0.2, 0) is 18.3 Å². The maximum atomic E-state index is 13.5. The van der Waals surface area contributed by atoms with Gasteiger partial charge in [0, 0.05) is 45.6 Å². The van der Waals surface area contributed by atoms with Crippen LogP contribution in [-0.4, -0.2) is 69.3 Å². The standard InChI is InChI=1S/C27H27N5O4/c1-29-17-22(25-23(18-29)27(35)32(28-25)20-6-4-3-5-7-20)26(34)31-14-12-30(13-15-31)24(33)16-19-8-10-21(36-2)11-9-19/h3-11,17-18H,12-16H2,1-2H3. The van der Waals surface area contributed by atoms with Gasteiger partial charge in [0.1, 0.15) is 11.4 Å². The zero-order chi connectivity index (χ0) is 25.2. The number of carbonyl (C=O) groups is 2. The molecule has 0 atom stereocenters. The molecule has 0 aromatic heterocycles. The van der Waals surface area contributed by atoms with Crippen molar-refractivity contribution in [2.24, 2.45) is 7.05 Å². The van der Waals surface area contributed by atoms with E-state index < -0.39 is 0 Å². The number of methoxy groups -OCH3 is 1. The minimum atomic E-state index is -0.268. The molecule has 184 valence electrons. The zero-order valence-electron chi connectivity index (χ0n) is 20.3. The van der Waals surface area contributed by atoms with E-state index in [1.807, 2.05) is 42.5 Å². The monoisotopic (exact) mass is 485 g/mol. The Kier molecular flexibility index (Phi) is 6.28. The Morgan fingerprint density at radius 1 is 0.917 bits per heavy atom. The first-order chi connectivity index (χ1) is 17.4. The van der Waals surface area contributed by atoms with E-state index in [-0.39, 0.29) is 17.4 Å². The molecule has 2 aromatic rings. The number of aryl methyl sites for hydroxylation is 1. The van der Waals surface area contributed by atoms with Crippen molar-refractivity contribution in [2.75, 3.05) is 33.3 Å². The summed E-state index contributed by atoms with van der Waals surface area (Å²) >= 11 is 0. The number of para-hydroxylation sites is 1. The van der Waals surface area contributed by atoms with Gasteiger partial charge in [-0.05, 0) is 29.8 Å². The lowest BCUT2D eigenvalue weighted by molar-refractivity contribution is -0.131. The average molecular weight is 486 g/mol. The predicted octanol–water partition coefficient (Wildman–Crippen LogP) is 2.21. The van der Waals surface area contributed by atoms with Gasteiger partial charge in [-0.15, -0.1) is 0 Å². The number of ether oxygens (including phenoxy) is 1. The maximum Gasteiger partial charge on any atom is 0.282 e. The van der Waals surface area contributed by atoms with Crippen molar-refractivity contribution in [3.8, 4) is 22.7 Å². The quantitative estimate of drug-likeness (QED) is 0.433. The van der Waals surface area contributed by atoms with E-state index in [1.54, 1.807) is 53.1 Å². The van der Waals surface area contributed by atoms with Gasteiger partial charge in [-0.3, -0.25) is 14.4 Å². The van der Waals surface area contributed by atoms with Crippen LogP contribution >= 0.6 is 0 Å². The highest BCUT2D eigenvalue weighted by Gasteiger charge is 2.30. The van der Waals surface area contributed by atoms with Crippen molar-refractivity contribution in [3.05, 3.63) is 88.5 Å². The molecular weight excluding hydrogens is 458 g/mol. The van der Waals surface area contributed by atoms with E-state index >= 15 is 0 Å². The lowest BCUT2D eigenvalue weighted by atomic mass is 10.1. The predicted molar refractivity (Wildman–Crippen MR) is 135 cm³/mol. The molecule has 2 aromatic carbocycles. The third-order valence-corrected chi connectivity index (χ3v) is 6.46. The molecule has 0 N–H and O–H groups in total. The maximum absolute atomic E-state index is 13.5. The molecule has 5 rings (SSSR count). The van der Waals surface area contributed by atoms with E-state index in [2.05, 4.69) is 5.10 Å². The van der Waals surface area contributed by atoms with Gasteiger partial charge < -0.3 is 19.1 Å². The highest BCUT2D eigenvalue weighted by atomic mass is 16.5. The first-order valence-corrected chi connectivity index (χ1v) is 11.8. The summed E-state index contributed by atoms with van der Waals surface area (Å²) in [5.41, 5.74) is 2.44. The van der Waals surface area contributed by atoms with Gasteiger partial charge in [0.15, 0.2) is 0 Å². The van der Waals surface area contributed by atoms with Crippen LogP contribution in [0.5, 0.6) is 5.75 Å². The van der Waals surface area contributed by atoms with E-state index in [0.717, 1.165) is 11.3 Å². The molecule has 0 bridgehead atoms. The van der Waals surface area contributed by atoms with Crippen LogP contribution in [0.2, 0.25) is 0 Å². The first kappa shape index (κ1) is 23.3. The van der Waals surface area contributed by atoms with Gasteiger partial charge in [-0.25, -0.2) is 0 Å². The van der Waals surface area contributed by atoms with E-state index in [4.69, 9.17) is 4.74 Å². The topological polar surface area (TPSA) is 89.7 Å². The summed E-state index contributed by atoms with van der Waals surface area (Å²) < 4.78 is 8.21. The summed E-state index contributed by atoms with van der Waals surface area (Å²) in [5.74, 6) is 0.578. The summed E-state index contributed by atoms with van der Waals surface area (Å²) in [6.07, 6.45) is 3.70. The Labute approximate surface area is 208 Å². The molecular formula is C27H27N5O4. The largest absolute Gasteiger partial charge is 0.497 e. The van der Waals surface area contributed by atoms with Crippen molar-refractivity contribution < 1.29 is 14.3 Å². The van der Waals surface area contributed by atoms with Crippen LogP contribution in [0.25, 0.3) is 16.9 Å². The van der Waals surface area contributed by atoms with Crippen molar-refractivity contribution in [1.29, 1.82) is 0 Å². The van der Waals surface area contributed by atoms with Crippen molar-refractivity contribution in [2.45, 2.75) is 6.42 Å². The molecule has 9 nitrogen and oxygen atoms in total. The van der Waals surface area contributed by atoms with Crippen LogP contribution < -0.4 is 10.3 Å². The molecule has 0 unspecified atom stereocenters. The van der Waals surface area contributed by atoms with Gasteiger partial charge in [-0.1, -0.05) is 30.3 Å². The van der Waals surface area contributed by atoms with Gasteiger partial charge in [0.05, 0.1) is 30.3 Å². The SMILES string of the molecule is COc1ccc(CC(=O)N2CCN(C(=O)c3cn(C)cc4c(=O)n(-c5ccccc5)nc3-4)CC2)cc1. The second-order valence-corrected chi connectivity index (χ2v) is 8.85. The Bertz CT molecular complexity index is 1420. The minimum absolute atomic E-state index is 0.0263. The van der Waals surface area contributed by atoms with Crippen LogP contribution in [0.4, 0.5) is 0 Å². The number of amides is 2. The molecule has 3 aliphatic rings. The van der Waals surface area contributed by atoms with Crippen LogP contribution in [0.3, 0.4) is 0 Å². The second kappa shape index (κ2) is 9.69. The molecule has 0 saturated carbocycles. The molecule has 0 spiro atoms. The fourth-order valence-corrected chi connectivity index (χ4v) is 4.50. The number of aromatic nitrogens is 3. The summed E-state index contributed by atoms with van der Waals surface area (Å²) in [5, 5.41) is 4.51. The van der Waals surface area contributed by atoms with Crippen molar-refractivity contribution >= 4 is 11.8 Å². The summed E-state index contributed by atoms with van der Waals surface area (Å²) in [6, 6.07) is 16.6. The first-order valence-electron chi connectivity index (χ1n) is 11.8. The van der Waals surface area contributed by atoms with Gasteiger partial charge in [-0.2, -0.15) is 9.78 Å². The third-order valence-electron chi connectivity index (χ3n) is 6.46. The fourth-order valence-electron chi connectivity index (χ4n) is 4.50. The molecule has 3 heterocycles. The van der Waals surface area contributed by atoms with Crippen molar-refractivity contribution in [3.63, 3.8) is 0 Å². The number of carbonyl (C=O) groups excluding carboxylic acids is 2. The minimum Gasteiger partial charge on any atom is -0.497 e. The lowest BCUT2D eigenvalue weighted by Gasteiger charge is -2.35. The Balaban J connectivity index is 1.31. The molecule has 3 aliphatic heterocycles. The van der Waals surface area contributed by atoms with Gasteiger partial charge in [0.25, 0.3) is 11.5 Å². The van der Waals surface area contributed by atoms with Crippen LogP contribution in [0.15, 0.2) is 71.8 Å². The summed E-state index contributed by atoms with van der Waals surface area (Å²) in [6.45, 7) is 1.73. The lowest BCUT2D eigenvalue weighted by Crippen LogP contribution is -2.51. The molecule has 1 saturated heterocycles. The fraction of sp³-hybridized carbons (Fsp3) is 0.259. The molecule has 9 heteroatoms. The molecule has 0 aliphatic carbocycles. The van der Waals surface area contributed by atoms with E-state index in [0.29, 0.717) is 55.1 Å². The highest BCUT2D eigenvalue weighted by molar-refractivity contribution is 6.00. The highest BCUT2D eigenvalue weighted by Crippen LogP contribution is 2.24. The number of hydrogen-bond acceptors (Lipinski definition) is 5. The van der Waals surface area contributed by atoms with Gasteiger partial charge >= 0.3 is 0 Å². The number of nitrogens with zero attached hydrogens (tertiary/aromatic N) is 5.